The maximum Gasteiger partial charge on any atom is 0.312 e. The van der Waals surface area contributed by atoms with Gasteiger partial charge in [0.05, 0.1) is 18.1 Å². The molecule has 3 heteroatoms. The van der Waals surface area contributed by atoms with Crippen LogP contribution in [-0.2, 0) is 9.53 Å². The Labute approximate surface area is 96.2 Å². The molecule has 2 saturated carbocycles. The minimum absolute atomic E-state index is 0.000231. The van der Waals surface area contributed by atoms with Crippen molar-refractivity contribution in [3.05, 3.63) is 0 Å². The van der Waals surface area contributed by atoms with Crippen molar-refractivity contribution in [1.82, 2.24) is 0 Å². The molecule has 2 aliphatic carbocycles. The first-order valence-corrected chi connectivity index (χ1v) is 6.52. The van der Waals surface area contributed by atoms with Crippen LogP contribution in [0.3, 0.4) is 0 Å². The highest BCUT2D eigenvalue weighted by molar-refractivity contribution is 5.79. The first-order valence-electron chi connectivity index (χ1n) is 6.52. The van der Waals surface area contributed by atoms with Gasteiger partial charge in [-0.05, 0) is 49.9 Å². The molecule has 3 nitrogen and oxygen atoms in total. The number of aliphatic hydroxyl groups excluding tert-OH is 1. The summed E-state index contributed by atoms with van der Waals surface area (Å²) in [7, 11) is 0. The monoisotopic (exact) mass is 224 g/mol. The summed E-state index contributed by atoms with van der Waals surface area (Å²) in [5.41, 5.74) is -0.263. The molecule has 1 aliphatic heterocycles. The molecule has 1 saturated heterocycles. The van der Waals surface area contributed by atoms with E-state index in [2.05, 4.69) is 6.92 Å². The number of hydrogen-bond donors (Lipinski definition) is 1. The van der Waals surface area contributed by atoms with Crippen molar-refractivity contribution >= 4 is 5.97 Å². The zero-order valence-corrected chi connectivity index (χ0v) is 9.82. The van der Waals surface area contributed by atoms with Gasteiger partial charge >= 0.3 is 5.97 Å². The standard InChI is InChI=1S/C13H20O3/c1-2-13(3-4-16-12(13)15)10-6-8-5-9(10)11(14)7-8/h8-11,14H,2-7H2,1H3. The molecule has 16 heavy (non-hydrogen) atoms. The van der Waals surface area contributed by atoms with Crippen LogP contribution >= 0.6 is 0 Å². The minimum Gasteiger partial charge on any atom is -0.465 e. The molecule has 3 rings (SSSR count). The van der Waals surface area contributed by atoms with Crippen molar-refractivity contribution in [2.75, 3.05) is 6.61 Å². The van der Waals surface area contributed by atoms with Gasteiger partial charge in [0.25, 0.3) is 0 Å². The van der Waals surface area contributed by atoms with Crippen LogP contribution in [0, 0.1) is 23.2 Å². The molecular formula is C13H20O3. The molecule has 1 heterocycles. The minimum atomic E-state index is -0.263. The number of fused-ring (bicyclic) bond motifs is 2. The number of carbonyl (C=O) groups is 1. The van der Waals surface area contributed by atoms with Gasteiger partial charge in [-0.1, -0.05) is 6.92 Å². The normalized spacial score (nSPS) is 51.0. The summed E-state index contributed by atoms with van der Waals surface area (Å²) < 4.78 is 5.19. The fraction of sp³-hybridized carbons (Fsp3) is 0.923. The largest absolute Gasteiger partial charge is 0.465 e. The Morgan fingerprint density at radius 3 is 2.75 bits per heavy atom. The predicted octanol–water partition coefficient (Wildman–Crippen LogP) is 1.74. The van der Waals surface area contributed by atoms with Crippen LogP contribution in [0.1, 0.15) is 39.0 Å². The molecule has 0 aromatic rings. The van der Waals surface area contributed by atoms with Gasteiger partial charge in [-0.15, -0.1) is 0 Å². The fourth-order valence-electron chi connectivity index (χ4n) is 4.44. The number of ether oxygens (including phenoxy) is 1. The highest BCUT2D eigenvalue weighted by atomic mass is 16.5. The summed E-state index contributed by atoms with van der Waals surface area (Å²) in [6, 6.07) is 0. The van der Waals surface area contributed by atoms with Crippen molar-refractivity contribution in [1.29, 1.82) is 0 Å². The molecule has 1 N–H and O–H groups in total. The quantitative estimate of drug-likeness (QED) is 0.727. The first-order chi connectivity index (χ1) is 7.67. The second-order valence-corrected chi connectivity index (χ2v) is 5.81. The van der Waals surface area contributed by atoms with Crippen molar-refractivity contribution in [3.8, 4) is 0 Å². The summed E-state index contributed by atoms with van der Waals surface area (Å²) in [6.45, 7) is 2.67. The van der Waals surface area contributed by atoms with Gasteiger partial charge in [0.2, 0.25) is 0 Å². The number of esters is 1. The molecule has 0 spiro atoms. The maximum atomic E-state index is 12.0. The van der Waals surface area contributed by atoms with E-state index in [4.69, 9.17) is 4.74 Å². The molecule has 90 valence electrons. The number of carbonyl (C=O) groups excluding carboxylic acids is 1. The smallest absolute Gasteiger partial charge is 0.312 e. The molecule has 0 aromatic carbocycles. The average molecular weight is 224 g/mol. The van der Waals surface area contributed by atoms with Crippen LogP contribution < -0.4 is 0 Å². The lowest BCUT2D eigenvalue weighted by molar-refractivity contribution is -0.151. The number of hydrogen-bond acceptors (Lipinski definition) is 3. The zero-order chi connectivity index (χ0) is 11.3. The van der Waals surface area contributed by atoms with E-state index in [1.54, 1.807) is 0 Å². The van der Waals surface area contributed by atoms with Gasteiger partial charge in [0.1, 0.15) is 0 Å². The Morgan fingerprint density at radius 2 is 2.25 bits per heavy atom. The van der Waals surface area contributed by atoms with Gasteiger partial charge in [-0.25, -0.2) is 0 Å². The Balaban J connectivity index is 1.89. The van der Waals surface area contributed by atoms with E-state index in [9.17, 15) is 9.90 Å². The maximum absolute atomic E-state index is 12.0. The highest BCUT2D eigenvalue weighted by Gasteiger charge is 2.58. The van der Waals surface area contributed by atoms with Crippen molar-refractivity contribution in [3.63, 3.8) is 0 Å². The van der Waals surface area contributed by atoms with E-state index in [0.717, 1.165) is 32.1 Å². The predicted molar refractivity (Wildman–Crippen MR) is 58.6 cm³/mol. The SMILES string of the molecule is CCC1(C2CC3CC(O)C2C3)CCOC1=O. The number of cyclic esters (lactones) is 1. The summed E-state index contributed by atoms with van der Waals surface area (Å²) in [5.74, 6) is 1.39. The van der Waals surface area contributed by atoms with Gasteiger partial charge < -0.3 is 9.84 Å². The van der Waals surface area contributed by atoms with Gasteiger partial charge in [-0.2, -0.15) is 0 Å². The molecule has 0 amide bonds. The van der Waals surface area contributed by atoms with E-state index in [1.807, 2.05) is 0 Å². The van der Waals surface area contributed by atoms with E-state index in [-0.39, 0.29) is 17.5 Å². The average Bonchev–Trinajstić information content (AvgIpc) is 2.91. The Bertz CT molecular complexity index is 314. The van der Waals surface area contributed by atoms with Crippen LogP contribution in [0.25, 0.3) is 0 Å². The number of rotatable bonds is 2. The van der Waals surface area contributed by atoms with Crippen molar-refractivity contribution in [2.24, 2.45) is 23.2 Å². The zero-order valence-electron chi connectivity index (χ0n) is 9.82. The second kappa shape index (κ2) is 3.46. The molecule has 2 bridgehead atoms. The van der Waals surface area contributed by atoms with Crippen LogP contribution in [0.4, 0.5) is 0 Å². The van der Waals surface area contributed by atoms with E-state index < -0.39 is 0 Å². The second-order valence-electron chi connectivity index (χ2n) is 5.81. The summed E-state index contributed by atoms with van der Waals surface area (Å²) in [6.07, 6.45) is 4.78. The third-order valence-corrected chi connectivity index (χ3v) is 5.31. The highest BCUT2D eigenvalue weighted by Crippen LogP contribution is 2.58. The van der Waals surface area contributed by atoms with Gasteiger partial charge in [-0.3, -0.25) is 4.79 Å². The lowest BCUT2D eigenvalue weighted by Crippen LogP contribution is -2.41. The molecule has 3 aliphatic rings. The molecular weight excluding hydrogens is 204 g/mol. The van der Waals surface area contributed by atoms with E-state index in [0.29, 0.717) is 24.4 Å². The van der Waals surface area contributed by atoms with Crippen molar-refractivity contribution in [2.45, 2.75) is 45.1 Å². The summed E-state index contributed by atoms with van der Waals surface area (Å²) >= 11 is 0. The van der Waals surface area contributed by atoms with E-state index in [1.165, 1.54) is 0 Å². The van der Waals surface area contributed by atoms with Crippen LogP contribution in [0.5, 0.6) is 0 Å². The molecule has 0 aromatic heterocycles. The molecule has 0 radical (unpaired) electrons. The molecule has 5 unspecified atom stereocenters. The molecule has 5 atom stereocenters. The van der Waals surface area contributed by atoms with Crippen LogP contribution in [-0.4, -0.2) is 23.8 Å². The van der Waals surface area contributed by atoms with Crippen LogP contribution in [0.15, 0.2) is 0 Å². The summed E-state index contributed by atoms with van der Waals surface area (Å²) in [5, 5.41) is 9.99. The fourth-order valence-corrected chi connectivity index (χ4v) is 4.44. The molecule has 3 fully saturated rings. The first kappa shape index (κ1) is 10.6. The Kier molecular flexibility index (Phi) is 2.29. The Hall–Kier alpha value is -0.570. The van der Waals surface area contributed by atoms with Gasteiger partial charge in [0, 0.05) is 0 Å². The van der Waals surface area contributed by atoms with Crippen LogP contribution in [0.2, 0.25) is 0 Å². The third-order valence-electron chi connectivity index (χ3n) is 5.31. The lowest BCUT2D eigenvalue weighted by Gasteiger charge is -2.37. The lowest BCUT2D eigenvalue weighted by atomic mass is 9.65. The summed E-state index contributed by atoms with van der Waals surface area (Å²) in [4.78, 5) is 12.0. The third kappa shape index (κ3) is 1.21. The Morgan fingerprint density at radius 1 is 1.44 bits per heavy atom. The van der Waals surface area contributed by atoms with Gasteiger partial charge in [0.15, 0.2) is 0 Å². The topological polar surface area (TPSA) is 46.5 Å². The van der Waals surface area contributed by atoms with Crippen molar-refractivity contribution < 1.29 is 14.6 Å². The van der Waals surface area contributed by atoms with E-state index >= 15 is 0 Å². The number of aliphatic hydroxyl groups is 1.